The maximum absolute atomic E-state index is 12.9. The normalized spacial score (nSPS) is 19.0. The zero-order valence-corrected chi connectivity index (χ0v) is 16.8. The Balaban J connectivity index is 1.44. The van der Waals surface area contributed by atoms with Crippen LogP contribution in [-0.2, 0) is 14.8 Å². The lowest BCUT2D eigenvalue weighted by Gasteiger charge is -2.35. The number of benzene rings is 1. The molecule has 0 aliphatic carbocycles. The molecule has 0 unspecified atom stereocenters. The highest BCUT2D eigenvalue weighted by Gasteiger charge is 2.29. The molecule has 8 nitrogen and oxygen atoms in total. The van der Waals surface area contributed by atoms with E-state index in [1.807, 2.05) is 19.1 Å². The van der Waals surface area contributed by atoms with Crippen LogP contribution >= 0.6 is 0 Å². The van der Waals surface area contributed by atoms with Crippen molar-refractivity contribution in [2.45, 2.75) is 11.8 Å². The van der Waals surface area contributed by atoms with E-state index < -0.39 is 10.0 Å². The van der Waals surface area contributed by atoms with Gasteiger partial charge >= 0.3 is 0 Å². The average molecular weight is 404 g/mol. The summed E-state index contributed by atoms with van der Waals surface area (Å²) in [6.45, 7) is 7.05. The van der Waals surface area contributed by atoms with Crippen molar-refractivity contribution in [3.63, 3.8) is 0 Å². The van der Waals surface area contributed by atoms with Crippen molar-refractivity contribution in [3.8, 4) is 0 Å². The van der Waals surface area contributed by atoms with Gasteiger partial charge in [0.1, 0.15) is 0 Å². The lowest BCUT2D eigenvalue weighted by atomic mass is 10.2. The van der Waals surface area contributed by atoms with Crippen molar-refractivity contribution >= 4 is 21.5 Å². The number of aromatic nitrogens is 2. The molecule has 2 aromatic rings. The van der Waals surface area contributed by atoms with Crippen LogP contribution in [0.3, 0.4) is 0 Å². The van der Waals surface area contributed by atoms with Crippen molar-refractivity contribution in [2.24, 2.45) is 0 Å². The molecule has 150 valence electrons. The fraction of sp³-hybridized carbons (Fsp3) is 0.474. The van der Waals surface area contributed by atoms with Gasteiger partial charge in [0.15, 0.2) is 5.82 Å². The summed E-state index contributed by atoms with van der Waals surface area (Å²) in [7, 11) is -3.46. The predicted octanol–water partition coefficient (Wildman–Crippen LogP) is 1.13. The minimum atomic E-state index is -3.46. The highest BCUT2D eigenvalue weighted by molar-refractivity contribution is 7.89. The Morgan fingerprint density at radius 2 is 1.71 bits per heavy atom. The molecule has 0 spiro atoms. The number of nitrogens with zero attached hydrogens (tertiary/aromatic N) is 5. The van der Waals surface area contributed by atoms with Gasteiger partial charge < -0.3 is 14.5 Å². The van der Waals surface area contributed by atoms with Gasteiger partial charge in [0.2, 0.25) is 10.0 Å². The highest BCUT2D eigenvalue weighted by Crippen LogP contribution is 2.23. The number of piperazine rings is 1. The molecule has 2 aliphatic rings. The van der Waals surface area contributed by atoms with Gasteiger partial charge in [-0.2, -0.15) is 9.40 Å². The molecule has 0 N–H and O–H groups in total. The summed E-state index contributed by atoms with van der Waals surface area (Å²) < 4.78 is 32.8. The van der Waals surface area contributed by atoms with Gasteiger partial charge in [-0.05, 0) is 24.6 Å². The van der Waals surface area contributed by atoms with E-state index >= 15 is 0 Å². The molecule has 0 radical (unpaired) electrons. The lowest BCUT2D eigenvalue weighted by molar-refractivity contribution is 0.122. The van der Waals surface area contributed by atoms with Gasteiger partial charge in [0.05, 0.1) is 30.0 Å². The number of aryl methyl sites for hydroxylation is 1. The summed E-state index contributed by atoms with van der Waals surface area (Å²) in [5.41, 5.74) is 1.92. The summed E-state index contributed by atoms with van der Waals surface area (Å²) in [6.07, 6.45) is 1.74. The Bertz CT molecular complexity index is 923. The van der Waals surface area contributed by atoms with Crippen molar-refractivity contribution < 1.29 is 13.2 Å². The fourth-order valence-corrected chi connectivity index (χ4v) is 5.10. The van der Waals surface area contributed by atoms with Gasteiger partial charge in [0.25, 0.3) is 0 Å². The Kier molecular flexibility index (Phi) is 5.47. The van der Waals surface area contributed by atoms with Gasteiger partial charge in [-0.25, -0.2) is 8.42 Å². The van der Waals surface area contributed by atoms with Gasteiger partial charge in [-0.1, -0.05) is 12.1 Å². The van der Waals surface area contributed by atoms with Crippen LogP contribution in [0.4, 0.5) is 11.5 Å². The van der Waals surface area contributed by atoms with Crippen molar-refractivity contribution in [1.82, 2.24) is 14.5 Å². The third-order valence-corrected chi connectivity index (χ3v) is 7.09. The molecule has 28 heavy (non-hydrogen) atoms. The second-order valence-electron chi connectivity index (χ2n) is 7.08. The topological polar surface area (TPSA) is 78.9 Å². The van der Waals surface area contributed by atoms with Crippen LogP contribution in [0.1, 0.15) is 5.56 Å². The third kappa shape index (κ3) is 3.96. The van der Waals surface area contributed by atoms with Crippen LogP contribution in [0, 0.1) is 6.92 Å². The van der Waals surface area contributed by atoms with Crippen LogP contribution < -0.4 is 9.80 Å². The molecule has 0 atom stereocenters. The van der Waals surface area contributed by atoms with E-state index in [9.17, 15) is 8.42 Å². The monoisotopic (exact) mass is 403 g/mol. The number of rotatable bonds is 4. The molecule has 1 aromatic heterocycles. The smallest absolute Gasteiger partial charge is 0.243 e. The first-order chi connectivity index (χ1) is 13.5. The van der Waals surface area contributed by atoms with Crippen molar-refractivity contribution in [3.05, 3.63) is 42.1 Å². The van der Waals surface area contributed by atoms with Crippen LogP contribution in [0.2, 0.25) is 0 Å². The van der Waals surface area contributed by atoms with E-state index in [4.69, 9.17) is 4.74 Å². The number of anilines is 2. The minimum absolute atomic E-state index is 0.362. The minimum Gasteiger partial charge on any atom is -0.378 e. The first-order valence-corrected chi connectivity index (χ1v) is 11.0. The van der Waals surface area contributed by atoms with Crippen molar-refractivity contribution in [1.29, 1.82) is 0 Å². The van der Waals surface area contributed by atoms with E-state index in [-0.39, 0.29) is 0 Å². The largest absolute Gasteiger partial charge is 0.378 e. The molecule has 1 aromatic carbocycles. The molecule has 2 aliphatic heterocycles. The van der Waals surface area contributed by atoms with Crippen LogP contribution in [-0.4, -0.2) is 75.4 Å². The molecular formula is C19H25N5O3S. The van der Waals surface area contributed by atoms with Crippen molar-refractivity contribution in [2.75, 3.05) is 62.3 Å². The summed E-state index contributed by atoms with van der Waals surface area (Å²) >= 11 is 0. The second-order valence-corrected chi connectivity index (χ2v) is 9.02. The number of ether oxygens (including phenoxy) is 1. The summed E-state index contributed by atoms with van der Waals surface area (Å²) in [4.78, 5) is 4.69. The first-order valence-electron chi connectivity index (χ1n) is 9.51. The van der Waals surface area contributed by atoms with E-state index in [0.717, 1.165) is 30.2 Å². The molecule has 2 fully saturated rings. The number of hydrogen-bond acceptors (Lipinski definition) is 7. The molecule has 0 bridgehead atoms. The Labute approximate surface area is 165 Å². The maximum Gasteiger partial charge on any atom is 0.243 e. The zero-order chi connectivity index (χ0) is 19.6. The van der Waals surface area contributed by atoms with Gasteiger partial charge in [0, 0.05) is 45.3 Å². The van der Waals surface area contributed by atoms with Crippen LogP contribution in [0.15, 0.2) is 41.4 Å². The number of hydrogen-bond donors (Lipinski definition) is 0. The molecule has 2 saturated heterocycles. The van der Waals surface area contributed by atoms with E-state index in [0.29, 0.717) is 44.3 Å². The second kappa shape index (κ2) is 8.02. The van der Waals surface area contributed by atoms with Crippen LogP contribution in [0.25, 0.3) is 0 Å². The molecule has 0 saturated carbocycles. The van der Waals surface area contributed by atoms with E-state index in [1.165, 1.54) is 0 Å². The SMILES string of the molecule is Cc1cccc(S(=O)(=O)N2CCN(c3cnnc(N4CCOCC4)c3)CC2)c1. The molecule has 3 heterocycles. The first kappa shape index (κ1) is 19.1. The standard InChI is InChI=1S/C19H25N5O3S/c1-16-3-2-4-18(13-16)28(25,26)24-7-5-22(6-8-24)17-14-19(21-20-15-17)23-9-11-27-12-10-23/h2-4,13-15H,5-12H2,1H3. The summed E-state index contributed by atoms with van der Waals surface area (Å²) in [5, 5.41) is 8.40. The Morgan fingerprint density at radius 3 is 2.43 bits per heavy atom. The molecule has 0 amide bonds. The molecular weight excluding hydrogens is 378 g/mol. The maximum atomic E-state index is 12.9. The average Bonchev–Trinajstić information content (AvgIpc) is 2.74. The number of sulfonamides is 1. The van der Waals surface area contributed by atoms with E-state index in [2.05, 4.69) is 20.0 Å². The van der Waals surface area contributed by atoms with E-state index in [1.54, 1.807) is 28.7 Å². The number of morpholine rings is 1. The van der Waals surface area contributed by atoms with Crippen LogP contribution in [0.5, 0.6) is 0 Å². The summed E-state index contributed by atoms with van der Waals surface area (Å²) in [6, 6.07) is 9.11. The Hall–Kier alpha value is -2.23. The summed E-state index contributed by atoms with van der Waals surface area (Å²) in [5.74, 6) is 0.843. The fourth-order valence-electron chi connectivity index (χ4n) is 3.58. The predicted molar refractivity (Wildman–Crippen MR) is 107 cm³/mol. The highest BCUT2D eigenvalue weighted by atomic mass is 32.2. The quantitative estimate of drug-likeness (QED) is 0.757. The Morgan fingerprint density at radius 1 is 0.964 bits per heavy atom. The van der Waals surface area contributed by atoms with Gasteiger partial charge in [-0.3, -0.25) is 0 Å². The molecule has 4 rings (SSSR count). The third-order valence-electron chi connectivity index (χ3n) is 5.19. The zero-order valence-electron chi connectivity index (χ0n) is 16.0. The molecule has 9 heteroatoms. The lowest BCUT2D eigenvalue weighted by Crippen LogP contribution is -2.48. The van der Waals surface area contributed by atoms with Gasteiger partial charge in [-0.15, -0.1) is 5.10 Å².